The fourth-order valence-electron chi connectivity index (χ4n) is 0.916. The molecule has 0 saturated carbocycles. The average Bonchev–Trinajstić information content (AvgIpc) is 1.63. The predicted molar refractivity (Wildman–Crippen MR) is 36.1 cm³/mol. The lowest BCUT2D eigenvalue weighted by molar-refractivity contribution is 0.0682. The van der Waals surface area contributed by atoms with E-state index in [1.54, 1.807) is 0 Å². The summed E-state index contributed by atoms with van der Waals surface area (Å²) in [6.45, 7) is 4.93. The maximum atomic E-state index is 12.8. The second kappa shape index (κ2) is 3.16. The Morgan fingerprint density at radius 2 is 2.00 bits per heavy atom. The molecule has 0 aliphatic rings. The van der Waals surface area contributed by atoms with Crippen LogP contribution in [-0.4, -0.2) is 17.4 Å². The molecule has 1 N–H and O–H groups in total. The highest BCUT2D eigenvalue weighted by Crippen LogP contribution is 2.19. The van der Waals surface area contributed by atoms with Crippen LogP contribution in [0.25, 0.3) is 0 Å². The standard InChI is InChI=1S/C7H15FO/c1-6(2)4-7(3,8)5-9/h6,9H,4-5H2,1-3H3/t7-/m0/s1. The lowest BCUT2D eigenvalue weighted by Gasteiger charge is -2.18. The Labute approximate surface area is 55.9 Å². The highest BCUT2D eigenvalue weighted by Gasteiger charge is 2.22. The lowest BCUT2D eigenvalue weighted by atomic mass is 9.97. The molecule has 0 fully saturated rings. The van der Waals surface area contributed by atoms with Crippen LogP contribution in [0, 0.1) is 5.92 Å². The highest BCUT2D eigenvalue weighted by molar-refractivity contribution is 4.72. The van der Waals surface area contributed by atoms with Crippen molar-refractivity contribution >= 4 is 0 Å². The SMILES string of the molecule is CC(C)C[C@](C)(F)CO. The molecule has 0 aliphatic carbocycles. The smallest absolute Gasteiger partial charge is 0.131 e. The summed E-state index contributed by atoms with van der Waals surface area (Å²) in [6, 6.07) is 0. The molecule has 9 heavy (non-hydrogen) atoms. The molecule has 1 atom stereocenters. The number of aliphatic hydroxyl groups is 1. The van der Waals surface area contributed by atoms with Crippen LogP contribution in [0.1, 0.15) is 27.2 Å². The van der Waals surface area contributed by atoms with Crippen molar-refractivity contribution in [2.75, 3.05) is 6.61 Å². The van der Waals surface area contributed by atoms with Gasteiger partial charge in [0.05, 0.1) is 6.61 Å². The Bertz CT molecular complexity index is 79.0. The largest absolute Gasteiger partial charge is 0.393 e. The lowest BCUT2D eigenvalue weighted by Crippen LogP contribution is -2.24. The van der Waals surface area contributed by atoms with E-state index in [1.807, 2.05) is 13.8 Å². The summed E-state index contributed by atoms with van der Waals surface area (Å²) < 4.78 is 12.8. The zero-order chi connectivity index (χ0) is 7.49. The number of aliphatic hydroxyl groups excluding tert-OH is 1. The van der Waals surface area contributed by atoms with Crippen molar-refractivity contribution in [1.29, 1.82) is 0 Å². The maximum Gasteiger partial charge on any atom is 0.131 e. The van der Waals surface area contributed by atoms with Crippen LogP contribution in [0.3, 0.4) is 0 Å². The average molecular weight is 134 g/mol. The molecule has 1 nitrogen and oxygen atoms in total. The van der Waals surface area contributed by atoms with Crippen LogP contribution >= 0.6 is 0 Å². The van der Waals surface area contributed by atoms with Crippen LogP contribution < -0.4 is 0 Å². The summed E-state index contributed by atoms with van der Waals surface area (Å²) in [5, 5.41) is 8.47. The second-order valence-electron chi connectivity index (χ2n) is 3.17. The van der Waals surface area contributed by atoms with Crippen LogP contribution in [0.2, 0.25) is 0 Å². The van der Waals surface area contributed by atoms with E-state index in [-0.39, 0.29) is 6.61 Å². The fraction of sp³-hybridized carbons (Fsp3) is 1.00. The van der Waals surface area contributed by atoms with Gasteiger partial charge in [-0.15, -0.1) is 0 Å². The van der Waals surface area contributed by atoms with Gasteiger partial charge in [0.15, 0.2) is 0 Å². The Morgan fingerprint density at radius 1 is 1.56 bits per heavy atom. The summed E-state index contributed by atoms with van der Waals surface area (Å²) in [7, 11) is 0. The van der Waals surface area contributed by atoms with Gasteiger partial charge in [-0.1, -0.05) is 13.8 Å². The van der Waals surface area contributed by atoms with Gasteiger partial charge in [-0.05, 0) is 19.3 Å². The number of hydrogen-bond acceptors (Lipinski definition) is 1. The van der Waals surface area contributed by atoms with E-state index in [0.717, 1.165) is 0 Å². The first-order chi connectivity index (χ1) is 3.98. The second-order valence-corrected chi connectivity index (χ2v) is 3.17. The first kappa shape index (κ1) is 8.89. The van der Waals surface area contributed by atoms with E-state index in [2.05, 4.69) is 0 Å². The Kier molecular flexibility index (Phi) is 3.12. The molecule has 0 aliphatic heterocycles. The van der Waals surface area contributed by atoms with Crippen LogP contribution in [-0.2, 0) is 0 Å². The topological polar surface area (TPSA) is 20.2 Å². The minimum Gasteiger partial charge on any atom is -0.393 e. The third kappa shape index (κ3) is 4.40. The molecule has 0 radical (unpaired) electrons. The van der Waals surface area contributed by atoms with E-state index in [0.29, 0.717) is 12.3 Å². The molecule has 0 aromatic heterocycles. The molecule has 0 rings (SSSR count). The molecule has 56 valence electrons. The van der Waals surface area contributed by atoms with Crippen molar-refractivity contribution in [1.82, 2.24) is 0 Å². The summed E-state index contributed by atoms with van der Waals surface area (Å²) in [6.07, 6.45) is 0.434. The Hall–Kier alpha value is -0.110. The molecule has 0 aromatic rings. The molecular weight excluding hydrogens is 119 g/mol. The van der Waals surface area contributed by atoms with Crippen molar-refractivity contribution in [3.05, 3.63) is 0 Å². The summed E-state index contributed by atoms with van der Waals surface area (Å²) >= 11 is 0. The number of halogens is 1. The Balaban J connectivity index is 3.58. The minimum atomic E-state index is -1.38. The summed E-state index contributed by atoms with van der Waals surface area (Å²) in [5.74, 6) is 0.312. The van der Waals surface area contributed by atoms with Gasteiger partial charge in [0.25, 0.3) is 0 Å². The molecule has 0 unspecified atom stereocenters. The van der Waals surface area contributed by atoms with Gasteiger partial charge in [0.1, 0.15) is 5.67 Å². The molecule has 0 aromatic carbocycles. The summed E-state index contributed by atoms with van der Waals surface area (Å²) in [5.41, 5.74) is -1.38. The zero-order valence-electron chi connectivity index (χ0n) is 6.32. The van der Waals surface area contributed by atoms with Crippen molar-refractivity contribution in [2.45, 2.75) is 32.9 Å². The van der Waals surface area contributed by atoms with Gasteiger partial charge in [0.2, 0.25) is 0 Å². The van der Waals surface area contributed by atoms with E-state index < -0.39 is 5.67 Å². The fourth-order valence-corrected chi connectivity index (χ4v) is 0.916. The third-order valence-corrected chi connectivity index (χ3v) is 1.16. The van der Waals surface area contributed by atoms with Crippen molar-refractivity contribution in [2.24, 2.45) is 5.92 Å². The van der Waals surface area contributed by atoms with Gasteiger partial charge in [-0.25, -0.2) is 4.39 Å². The van der Waals surface area contributed by atoms with E-state index in [4.69, 9.17) is 5.11 Å². The van der Waals surface area contributed by atoms with Gasteiger partial charge < -0.3 is 5.11 Å². The maximum absolute atomic E-state index is 12.8. The van der Waals surface area contributed by atoms with E-state index in [1.165, 1.54) is 6.92 Å². The quantitative estimate of drug-likeness (QED) is 0.623. The van der Waals surface area contributed by atoms with E-state index >= 15 is 0 Å². The normalized spacial score (nSPS) is 18.0. The van der Waals surface area contributed by atoms with Crippen LogP contribution in [0.5, 0.6) is 0 Å². The highest BCUT2D eigenvalue weighted by atomic mass is 19.1. The van der Waals surface area contributed by atoms with Crippen molar-refractivity contribution in [3.63, 3.8) is 0 Å². The molecule has 0 bridgehead atoms. The molecular formula is C7H15FO. The zero-order valence-corrected chi connectivity index (χ0v) is 6.32. The van der Waals surface area contributed by atoms with Gasteiger partial charge in [-0.2, -0.15) is 0 Å². The monoisotopic (exact) mass is 134 g/mol. The molecule has 0 saturated heterocycles. The third-order valence-electron chi connectivity index (χ3n) is 1.16. The minimum absolute atomic E-state index is 0.312. The Morgan fingerprint density at radius 3 is 2.11 bits per heavy atom. The molecule has 2 heteroatoms. The van der Waals surface area contributed by atoms with E-state index in [9.17, 15) is 4.39 Å². The molecule has 0 heterocycles. The number of rotatable bonds is 3. The van der Waals surface area contributed by atoms with Crippen molar-refractivity contribution in [3.8, 4) is 0 Å². The first-order valence-electron chi connectivity index (χ1n) is 3.28. The van der Waals surface area contributed by atoms with Crippen molar-refractivity contribution < 1.29 is 9.50 Å². The van der Waals surface area contributed by atoms with Gasteiger partial charge in [-0.3, -0.25) is 0 Å². The molecule has 0 amide bonds. The molecule has 0 spiro atoms. The van der Waals surface area contributed by atoms with Gasteiger partial charge >= 0.3 is 0 Å². The number of hydrogen-bond donors (Lipinski definition) is 1. The van der Waals surface area contributed by atoms with Crippen LogP contribution in [0.4, 0.5) is 4.39 Å². The number of alkyl halides is 1. The first-order valence-corrected chi connectivity index (χ1v) is 3.28. The van der Waals surface area contributed by atoms with Gasteiger partial charge in [0, 0.05) is 0 Å². The van der Waals surface area contributed by atoms with Crippen LogP contribution in [0.15, 0.2) is 0 Å². The summed E-state index contributed by atoms with van der Waals surface area (Å²) in [4.78, 5) is 0. The predicted octanol–water partition coefficient (Wildman–Crippen LogP) is 1.75.